The highest BCUT2D eigenvalue weighted by molar-refractivity contribution is 7.14. The first kappa shape index (κ1) is 20.4. The number of benzene rings is 2. The molecule has 0 saturated heterocycles. The maximum atomic E-state index is 14.4. The van der Waals surface area contributed by atoms with Crippen LogP contribution < -0.4 is 10.6 Å². The highest BCUT2D eigenvalue weighted by Gasteiger charge is 2.23. The third kappa shape index (κ3) is 4.08. The van der Waals surface area contributed by atoms with Crippen LogP contribution in [0.2, 0.25) is 0 Å². The average molecular weight is 436 g/mol. The van der Waals surface area contributed by atoms with Gasteiger partial charge in [-0.3, -0.25) is 19.7 Å². The van der Waals surface area contributed by atoms with Crippen molar-refractivity contribution in [3.8, 4) is 11.3 Å². The van der Waals surface area contributed by atoms with Gasteiger partial charge in [-0.1, -0.05) is 18.2 Å². The number of halogens is 1. The number of carbonyl (C=O) groups is 3. The molecule has 9 heteroatoms. The zero-order valence-electron chi connectivity index (χ0n) is 16.6. The molecule has 4 aromatic rings. The number of aryl methyl sites for hydroxylation is 1. The van der Waals surface area contributed by atoms with Crippen LogP contribution in [0.3, 0.4) is 0 Å². The van der Waals surface area contributed by atoms with E-state index in [1.165, 1.54) is 19.1 Å². The van der Waals surface area contributed by atoms with E-state index in [1.807, 2.05) is 12.1 Å². The minimum absolute atomic E-state index is 0.177. The Kier molecular flexibility index (Phi) is 5.35. The smallest absolute Gasteiger partial charge is 0.298 e. The number of nitrogens with one attached hydrogen (secondary N) is 3. The zero-order chi connectivity index (χ0) is 22.1. The molecule has 2 heterocycles. The molecule has 2 aromatic heterocycles. The van der Waals surface area contributed by atoms with Crippen LogP contribution in [-0.4, -0.2) is 27.6 Å². The lowest BCUT2D eigenvalue weighted by atomic mass is 10.1. The van der Waals surface area contributed by atoms with Crippen molar-refractivity contribution >= 4 is 50.7 Å². The summed E-state index contributed by atoms with van der Waals surface area (Å²) in [5.74, 6) is -2.38. The van der Waals surface area contributed by atoms with E-state index in [0.29, 0.717) is 28.0 Å². The SMILES string of the molecule is CC(=O)Nc1ccc(-c2csc(NC(=O)C(=O)c3c(C)[nH]c4ccccc34)n2)c(F)c1. The third-order valence-electron chi connectivity index (χ3n) is 4.62. The molecule has 0 aliphatic rings. The molecule has 0 aliphatic heterocycles. The first-order valence-corrected chi connectivity index (χ1v) is 10.2. The van der Waals surface area contributed by atoms with Gasteiger partial charge in [0.1, 0.15) is 5.82 Å². The summed E-state index contributed by atoms with van der Waals surface area (Å²) in [5, 5.41) is 7.42. The zero-order valence-corrected chi connectivity index (χ0v) is 17.4. The summed E-state index contributed by atoms with van der Waals surface area (Å²) in [6, 6.07) is 11.5. The number of rotatable bonds is 5. The lowest BCUT2D eigenvalue weighted by molar-refractivity contribution is -0.114. The van der Waals surface area contributed by atoms with Crippen molar-refractivity contribution in [2.24, 2.45) is 0 Å². The molecule has 0 unspecified atom stereocenters. The van der Waals surface area contributed by atoms with Crippen LogP contribution in [0.4, 0.5) is 15.2 Å². The standard InChI is InChI=1S/C22H17FN4O3S/c1-11-19(15-5-3-4-6-17(15)24-11)20(29)21(30)27-22-26-18(10-31-22)14-8-7-13(9-16(14)23)25-12(2)28/h3-10,24H,1-2H3,(H,25,28)(H,26,27,30). The van der Waals surface area contributed by atoms with E-state index >= 15 is 0 Å². The number of anilines is 2. The van der Waals surface area contributed by atoms with Crippen LogP contribution in [0.25, 0.3) is 22.2 Å². The van der Waals surface area contributed by atoms with E-state index in [4.69, 9.17) is 0 Å². The molecular formula is C22H17FN4O3S. The number of Topliss-reactive ketones (excluding diaryl/α,β-unsaturated/α-hetero) is 1. The number of ketones is 1. The van der Waals surface area contributed by atoms with Crippen molar-refractivity contribution in [1.82, 2.24) is 9.97 Å². The highest BCUT2D eigenvalue weighted by Crippen LogP contribution is 2.29. The second kappa shape index (κ2) is 8.11. The maximum absolute atomic E-state index is 14.4. The number of H-pyrrole nitrogens is 1. The summed E-state index contributed by atoms with van der Waals surface area (Å²) >= 11 is 1.08. The lowest BCUT2D eigenvalue weighted by Crippen LogP contribution is -2.23. The van der Waals surface area contributed by atoms with Gasteiger partial charge >= 0.3 is 0 Å². The number of carbonyl (C=O) groups excluding carboxylic acids is 3. The van der Waals surface area contributed by atoms with E-state index in [-0.39, 0.29) is 16.6 Å². The van der Waals surface area contributed by atoms with E-state index in [0.717, 1.165) is 16.9 Å². The molecule has 0 saturated carbocycles. The Bertz CT molecular complexity index is 1340. The van der Waals surface area contributed by atoms with Gasteiger partial charge in [0.15, 0.2) is 5.13 Å². The van der Waals surface area contributed by atoms with Crippen LogP contribution in [0.15, 0.2) is 47.8 Å². The fourth-order valence-corrected chi connectivity index (χ4v) is 4.00. The summed E-state index contributed by atoms with van der Waals surface area (Å²) in [6.45, 7) is 3.07. The Labute approximate surface area is 180 Å². The fraction of sp³-hybridized carbons (Fsp3) is 0.0909. The van der Waals surface area contributed by atoms with Gasteiger partial charge in [0.2, 0.25) is 5.91 Å². The van der Waals surface area contributed by atoms with Crippen molar-refractivity contribution in [3.63, 3.8) is 0 Å². The normalized spacial score (nSPS) is 10.8. The van der Waals surface area contributed by atoms with Crippen LogP contribution in [0.1, 0.15) is 23.0 Å². The van der Waals surface area contributed by atoms with Gasteiger partial charge in [0.25, 0.3) is 11.7 Å². The van der Waals surface area contributed by atoms with Crippen LogP contribution in [0.5, 0.6) is 0 Å². The molecule has 2 aromatic carbocycles. The van der Waals surface area contributed by atoms with Gasteiger partial charge in [-0.25, -0.2) is 9.37 Å². The summed E-state index contributed by atoms with van der Waals surface area (Å²) < 4.78 is 14.4. The van der Waals surface area contributed by atoms with Crippen molar-refractivity contribution in [1.29, 1.82) is 0 Å². The molecule has 2 amide bonds. The number of amides is 2. The molecule has 0 bridgehead atoms. The number of aromatic nitrogens is 2. The highest BCUT2D eigenvalue weighted by atomic mass is 32.1. The summed E-state index contributed by atoms with van der Waals surface area (Å²) in [7, 11) is 0. The van der Waals surface area contributed by atoms with Crippen molar-refractivity contribution in [3.05, 3.63) is 64.9 Å². The second-order valence-electron chi connectivity index (χ2n) is 6.87. The topological polar surface area (TPSA) is 104 Å². The van der Waals surface area contributed by atoms with E-state index in [2.05, 4.69) is 20.6 Å². The molecule has 0 fully saturated rings. The number of para-hydroxylation sites is 1. The van der Waals surface area contributed by atoms with Gasteiger partial charge in [-0.2, -0.15) is 0 Å². The number of hydrogen-bond acceptors (Lipinski definition) is 5. The first-order valence-electron chi connectivity index (χ1n) is 9.29. The van der Waals surface area contributed by atoms with E-state index in [1.54, 1.807) is 30.5 Å². The fourth-order valence-electron chi connectivity index (χ4n) is 3.30. The molecule has 156 valence electrons. The van der Waals surface area contributed by atoms with Crippen LogP contribution in [0, 0.1) is 12.7 Å². The quantitative estimate of drug-likeness (QED) is 0.316. The van der Waals surface area contributed by atoms with Crippen molar-refractivity contribution in [2.45, 2.75) is 13.8 Å². The Hall–Kier alpha value is -3.85. The monoisotopic (exact) mass is 436 g/mol. The van der Waals surface area contributed by atoms with Gasteiger partial charge in [0, 0.05) is 40.2 Å². The summed E-state index contributed by atoms with van der Waals surface area (Å²) in [4.78, 5) is 43.7. The lowest BCUT2D eigenvalue weighted by Gasteiger charge is -2.05. The maximum Gasteiger partial charge on any atom is 0.298 e. The van der Waals surface area contributed by atoms with Crippen LogP contribution in [-0.2, 0) is 9.59 Å². The van der Waals surface area contributed by atoms with Gasteiger partial charge in [-0.15, -0.1) is 11.3 Å². The third-order valence-corrected chi connectivity index (χ3v) is 5.37. The minimum Gasteiger partial charge on any atom is -0.358 e. The number of aromatic amines is 1. The van der Waals surface area contributed by atoms with Crippen molar-refractivity contribution in [2.75, 3.05) is 10.6 Å². The molecule has 0 radical (unpaired) electrons. The first-order chi connectivity index (χ1) is 14.8. The predicted octanol–water partition coefficient (Wildman–Crippen LogP) is 4.52. The predicted molar refractivity (Wildman–Crippen MR) is 118 cm³/mol. The van der Waals surface area contributed by atoms with E-state index in [9.17, 15) is 18.8 Å². The molecule has 3 N–H and O–H groups in total. The molecular weight excluding hydrogens is 419 g/mol. The van der Waals surface area contributed by atoms with E-state index < -0.39 is 17.5 Å². The minimum atomic E-state index is -0.824. The molecule has 31 heavy (non-hydrogen) atoms. The van der Waals surface area contributed by atoms with Crippen LogP contribution >= 0.6 is 11.3 Å². The summed E-state index contributed by atoms with van der Waals surface area (Å²) in [6.07, 6.45) is 0. The Morgan fingerprint density at radius 3 is 2.61 bits per heavy atom. The molecule has 7 nitrogen and oxygen atoms in total. The molecule has 4 rings (SSSR count). The second-order valence-corrected chi connectivity index (χ2v) is 7.73. The largest absolute Gasteiger partial charge is 0.358 e. The molecule has 0 atom stereocenters. The average Bonchev–Trinajstić information content (AvgIpc) is 3.30. The number of hydrogen-bond donors (Lipinski definition) is 3. The van der Waals surface area contributed by atoms with Crippen molar-refractivity contribution < 1.29 is 18.8 Å². The Balaban J connectivity index is 1.54. The van der Waals surface area contributed by atoms with Gasteiger partial charge in [-0.05, 0) is 31.2 Å². The Morgan fingerprint density at radius 1 is 1.10 bits per heavy atom. The molecule has 0 spiro atoms. The summed E-state index contributed by atoms with van der Waals surface area (Å²) in [5.41, 5.74) is 2.53. The number of nitrogens with zero attached hydrogens (tertiary/aromatic N) is 1. The number of fused-ring (bicyclic) bond motifs is 1. The Morgan fingerprint density at radius 2 is 1.87 bits per heavy atom. The number of thiazole rings is 1. The van der Waals surface area contributed by atoms with Gasteiger partial charge in [0.05, 0.1) is 11.3 Å². The van der Waals surface area contributed by atoms with Gasteiger partial charge < -0.3 is 10.3 Å². The molecule has 0 aliphatic carbocycles.